The van der Waals surface area contributed by atoms with Gasteiger partial charge in [-0.2, -0.15) is 11.8 Å². The number of aliphatic carboxylic acids is 2. The largest absolute Gasteiger partial charge is 0.478 e. The molecule has 4 saturated carbocycles. The third-order valence-electron chi connectivity index (χ3n) is 9.11. The Morgan fingerprint density at radius 3 is 2.38 bits per heavy atom. The quantitative estimate of drug-likeness (QED) is 0.256. The van der Waals surface area contributed by atoms with Crippen LogP contribution in [0.5, 0.6) is 0 Å². The van der Waals surface area contributed by atoms with E-state index < -0.39 is 11.9 Å². The first-order chi connectivity index (χ1) is 16.1. The minimum Gasteiger partial charge on any atom is -0.478 e. The van der Waals surface area contributed by atoms with Crippen LogP contribution in [0.1, 0.15) is 65.2 Å². The van der Waals surface area contributed by atoms with Crippen molar-refractivity contribution in [3.8, 4) is 0 Å². The van der Waals surface area contributed by atoms with Crippen molar-refractivity contribution in [2.75, 3.05) is 12.3 Å². The number of ketones is 1. The highest BCUT2D eigenvalue weighted by Gasteiger charge is 2.61. The zero-order valence-corrected chi connectivity index (χ0v) is 20.9. The maximum Gasteiger partial charge on any atom is 0.328 e. The Morgan fingerprint density at radius 2 is 1.79 bits per heavy atom. The molecule has 0 aromatic heterocycles. The lowest BCUT2D eigenvalue weighted by Crippen LogP contribution is -2.56. The van der Waals surface area contributed by atoms with Crippen LogP contribution < -0.4 is 5.73 Å². The van der Waals surface area contributed by atoms with Crippen molar-refractivity contribution in [2.45, 2.75) is 70.5 Å². The zero-order valence-electron chi connectivity index (χ0n) is 20.1. The monoisotopic (exact) mass is 494 g/mol. The highest BCUT2D eigenvalue weighted by Crippen LogP contribution is 2.65. The van der Waals surface area contributed by atoms with Crippen molar-refractivity contribution in [3.05, 3.63) is 12.2 Å². The number of fused-ring (bicyclic) bond motifs is 5. The summed E-state index contributed by atoms with van der Waals surface area (Å²) in [7, 11) is 0. The number of thioether (sulfide) groups is 1. The second-order valence-corrected chi connectivity index (χ2v) is 12.1. The van der Waals surface area contributed by atoms with Gasteiger partial charge in [-0.15, -0.1) is 0 Å². The molecule has 1 unspecified atom stereocenters. The molecule has 0 radical (unpaired) electrons. The summed E-state index contributed by atoms with van der Waals surface area (Å²) in [6.07, 6.45) is 9.67. The van der Waals surface area contributed by atoms with Crippen molar-refractivity contribution in [3.63, 3.8) is 0 Å². The van der Waals surface area contributed by atoms with Crippen LogP contribution in [0.15, 0.2) is 17.3 Å². The Morgan fingerprint density at radius 1 is 1.12 bits per heavy atom. The number of nitrogens with two attached hydrogens (primary N) is 1. The number of carboxylic acid groups (broad SMARTS) is 2. The second kappa shape index (κ2) is 10.8. The minimum atomic E-state index is -1.26. The Kier molecular flexibility index (Phi) is 8.50. The Bertz CT molecular complexity index is 844. The van der Waals surface area contributed by atoms with Gasteiger partial charge in [0.2, 0.25) is 0 Å². The molecule has 190 valence electrons. The molecular weight excluding hydrogens is 456 g/mol. The molecule has 0 saturated heterocycles. The number of oxime groups is 1. The third-order valence-corrected chi connectivity index (χ3v) is 10.5. The van der Waals surface area contributed by atoms with Gasteiger partial charge in [-0.05, 0) is 68.1 Å². The van der Waals surface area contributed by atoms with E-state index in [2.05, 4.69) is 19.0 Å². The molecule has 34 heavy (non-hydrogen) atoms. The van der Waals surface area contributed by atoms with Gasteiger partial charge < -0.3 is 21.2 Å². The second-order valence-electron chi connectivity index (χ2n) is 10.7. The molecule has 7 atom stereocenters. The van der Waals surface area contributed by atoms with E-state index in [1.54, 1.807) is 0 Å². The van der Waals surface area contributed by atoms with E-state index in [4.69, 9.17) is 15.9 Å². The zero-order chi connectivity index (χ0) is 25.1. The lowest BCUT2D eigenvalue weighted by molar-refractivity contribution is -0.134. The average molecular weight is 495 g/mol. The van der Waals surface area contributed by atoms with E-state index in [1.165, 1.54) is 19.3 Å². The number of rotatable bonds is 5. The van der Waals surface area contributed by atoms with Crippen LogP contribution in [-0.2, 0) is 14.4 Å². The minimum absolute atomic E-state index is 0.112. The first-order valence-corrected chi connectivity index (χ1v) is 13.3. The average Bonchev–Trinajstić information content (AvgIpc) is 3.10. The van der Waals surface area contributed by atoms with Gasteiger partial charge in [-0.3, -0.25) is 4.79 Å². The smallest absolute Gasteiger partial charge is 0.328 e. The van der Waals surface area contributed by atoms with Gasteiger partial charge >= 0.3 is 11.9 Å². The molecule has 0 aromatic rings. The first kappa shape index (κ1) is 26.7. The van der Waals surface area contributed by atoms with Gasteiger partial charge in [0.15, 0.2) is 0 Å². The van der Waals surface area contributed by atoms with Gasteiger partial charge in [-0.25, -0.2) is 9.59 Å². The standard InChI is InChI=1S/C21H34N2O2S.C4H4O4/c1-20-7-5-13(26-10-9-22)11-17(20)18(23-25)12-14-15-3-4-19(24)21(15,2)8-6-16(14)20;5-3(6)1-2-4(7)8/h13-17,25H,3-12,22H2,1-2H3;1-2H,(H,5,6)(H,7,8)/b23-18+;2-1+/t13-,14-,15-,16-,17?,20+,21-;/m0./s1. The lowest BCUT2D eigenvalue weighted by atomic mass is 9.45. The highest BCUT2D eigenvalue weighted by atomic mass is 32.2. The Hall–Kier alpha value is -1.87. The molecule has 0 heterocycles. The van der Waals surface area contributed by atoms with Gasteiger partial charge in [0.1, 0.15) is 5.78 Å². The number of carbonyl (C=O) groups is 3. The van der Waals surface area contributed by atoms with Gasteiger partial charge in [0, 0.05) is 47.5 Å². The number of hydrogen-bond donors (Lipinski definition) is 4. The fourth-order valence-corrected chi connectivity index (χ4v) is 8.52. The first-order valence-electron chi connectivity index (χ1n) is 12.3. The van der Waals surface area contributed by atoms with E-state index in [0.29, 0.717) is 46.9 Å². The van der Waals surface area contributed by atoms with Crippen LogP contribution in [0.3, 0.4) is 0 Å². The number of carboxylic acids is 2. The third kappa shape index (κ3) is 5.20. The summed E-state index contributed by atoms with van der Waals surface area (Å²) in [5, 5.41) is 30.0. The van der Waals surface area contributed by atoms with Crippen molar-refractivity contribution >= 4 is 35.2 Å². The van der Waals surface area contributed by atoms with E-state index >= 15 is 0 Å². The lowest BCUT2D eigenvalue weighted by Gasteiger charge is -2.60. The summed E-state index contributed by atoms with van der Waals surface area (Å²) in [6, 6.07) is 0. The molecule has 0 aliphatic heterocycles. The summed E-state index contributed by atoms with van der Waals surface area (Å²) in [5.74, 6) is 1.10. The summed E-state index contributed by atoms with van der Waals surface area (Å²) in [4.78, 5) is 31.7. The van der Waals surface area contributed by atoms with E-state index in [-0.39, 0.29) is 10.8 Å². The SMILES string of the molecule is C[C@]12CC[C@H](SCCN)CC1/C(=N/O)C[C@@H]1[C@@H]2CC[C@]2(C)C(=O)CC[C@@H]12.O=C(O)/C=C/C(=O)O. The summed E-state index contributed by atoms with van der Waals surface area (Å²) >= 11 is 2.00. The van der Waals surface area contributed by atoms with Crippen molar-refractivity contribution < 1.29 is 29.8 Å². The van der Waals surface area contributed by atoms with Gasteiger partial charge in [0.05, 0.1) is 5.71 Å². The molecule has 8 nitrogen and oxygen atoms in total. The number of carbonyl (C=O) groups excluding carboxylic acids is 1. The molecule has 4 fully saturated rings. The summed E-state index contributed by atoms with van der Waals surface area (Å²) in [5.41, 5.74) is 6.85. The summed E-state index contributed by atoms with van der Waals surface area (Å²) < 4.78 is 0. The molecule has 9 heteroatoms. The predicted molar refractivity (Wildman–Crippen MR) is 131 cm³/mol. The van der Waals surface area contributed by atoms with Crippen LogP contribution in [0.2, 0.25) is 0 Å². The van der Waals surface area contributed by atoms with Gasteiger partial charge in [0.25, 0.3) is 0 Å². The summed E-state index contributed by atoms with van der Waals surface area (Å²) in [6.45, 7) is 5.42. The van der Waals surface area contributed by atoms with Gasteiger partial charge in [-0.1, -0.05) is 19.0 Å². The van der Waals surface area contributed by atoms with Crippen LogP contribution in [0.25, 0.3) is 0 Å². The fraction of sp³-hybridized carbons (Fsp3) is 0.760. The van der Waals surface area contributed by atoms with Crippen molar-refractivity contribution in [1.29, 1.82) is 0 Å². The van der Waals surface area contributed by atoms with Crippen LogP contribution in [0.4, 0.5) is 0 Å². The molecule has 4 rings (SSSR count). The van der Waals surface area contributed by atoms with Crippen LogP contribution in [-0.4, -0.2) is 56.4 Å². The molecule has 0 aromatic carbocycles. The van der Waals surface area contributed by atoms with Crippen molar-refractivity contribution in [1.82, 2.24) is 0 Å². The topological polar surface area (TPSA) is 150 Å². The molecule has 0 spiro atoms. The Balaban J connectivity index is 0.000000350. The molecular formula is C25H38N2O6S. The van der Waals surface area contributed by atoms with Crippen LogP contribution in [0, 0.1) is 34.5 Å². The van der Waals surface area contributed by atoms with Crippen molar-refractivity contribution in [2.24, 2.45) is 45.4 Å². The van der Waals surface area contributed by atoms with Crippen LogP contribution >= 0.6 is 11.8 Å². The molecule has 5 N–H and O–H groups in total. The number of hydrogen-bond acceptors (Lipinski definition) is 7. The molecule has 0 amide bonds. The van der Waals surface area contributed by atoms with E-state index in [9.17, 15) is 19.6 Å². The maximum atomic E-state index is 12.6. The number of nitrogens with zero attached hydrogens (tertiary/aromatic N) is 1. The molecule has 0 bridgehead atoms. The molecule has 4 aliphatic rings. The number of Topliss-reactive ketones (excluding diaryl/α,β-unsaturated/α-hetero) is 1. The normalized spacial score (nSPS) is 40.1. The Labute approximate surface area is 205 Å². The highest BCUT2D eigenvalue weighted by molar-refractivity contribution is 7.99. The fourth-order valence-electron chi connectivity index (χ4n) is 7.44. The predicted octanol–water partition coefficient (Wildman–Crippen LogP) is 3.81. The molecule has 4 aliphatic carbocycles. The van der Waals surface area contributed by atoms with E-state index in [1.807, 2.05) is 11.8 Å². The maximum absolute atomic E-state index is 12.6. The van der Waals surface area contributed by atoms with E-state index in [0.717, 1.165) is 50.1 Å².